The molecule has 0 bridgehead atoms. The lowest BCUT2D eigenvalue weighted by Gasteiger charge is -2.21. The van der Waals surface area contributed by atoms with Gasteiger partial charge in [0.25, 0.3) is 0 Å². The molecule has 2 N–H and O–H groups in total. The van der Waals surface area contributed by atoms with Crippen molar-refractivity contribution in [2.45, 2.75) is 66.5 Å². The van der Waals surface area contributed by atoms with Crippen LogP contribution in [0.2, 0.25) is 0 Å². The van der Waals surface area contributed by atoms with E-state index in [4.69, 9.17) is 0 Å². The lowest BCUT2D eigenvalue weighted by atomic mass is 10.1. The molecule has 0 spiro atoms. The molecule has 0 radical (unpaired) electrons. The highest BCUT2D eigenvalue weighted by atomic mass is 14.9. The molecule has 1 aromatic carbocycles. The number of para-hydroxylation sites is 1. The van der Waals surface area contributed by atoms with E-state index in [9.17, 15) is 0 Å². The van der Waals surface area contributed by atoms with E-state index >= 15 is 0 Å². The smallest absolute Gasteiger partial charge is 0.0344 e. The first kappa shape index (κ1) is 20.3. The average Bonchev–Trinajstić information content (AvgIpc) is 2.31. The van der Waals surface area contributed by atoms with E-state index < -0.39 is 0 Å². The summed E-state index contributed by atoms with van der Waals surface area (Å²) in [4.78, 5) is 0. The van der Waals surface area contributed by atoms with E-state index in [2.05, 4.69) is 64.3 Å². The van der Waals surface area contributed by atoms with E-state index in [-0.39, 0.29) is 5.54 Å². The Hall–Kier alpha value is -1.02. The van der Waals surface area contributed by atoms with Crippen LogP contribution in [0.1, 0.15) is 55.4 Å². The van der Waals surface area contributed by atoms with Gasteiger partial charge in [0.1, 0.15) is 0 Å². The van der Waals surface area contributed by atoms with Crippen LogP contribution in [0.25, 0.3) is 0 Å². The van der Waals surface area contributed by atoms with Gasteiger partial charge in [0, 0.05) is 16.8 Å². The van der Waals surface area contributed by atoms with E-state index in [1.54, 1.807) is 0 Å². The van der Waals surface area contributed by atoms with Gasteiger partial charge in [-0.3, -0.25) is 0 Å². The van der Waals surface area contributed by atoms with E-state index in [1.165, 1.54) is 5.69 Å². The summed E-state index contributed by atoms with van der Waals surface area (Å²) in [6, 6.07) is 10.2. The molecule has 0 amide bonds. The second-order valence-electron chi connectivity index (χ2n) is 6.24. The third kappa shape index (κ3) is 17.0. The SMILES string of the molecule is CC.CC(C)(C)Nc1ccccc1.CNC(C)(C)C. The summed E-state index contributed by atoms with van der Waals surface area (Å²) < 4.78 is 0. The molecule has 19 heavy (non-hydrogen) atoms. The van der Waals surface area contributed by atoms with Gasteiger partial charge in [0.2, 0.25) is 0 Å². The zero-order chi connectivity index (χ0) is 15.5. The lowest BCUT2D eigenvalue weighted by molar-refractivity contribution is 0.469. The summed E-state index contributed by atoms with van der Waals surface area (Å²) in [6.07, 6.45) is 0. The molecule has 1 aromatic rings. The highest BCUT2D eigenvalue weighted by Crippen LogP contribution is 2.12. The predicted octanol–water partition coefficient (Wildman–Crippen LogP) is 4.93. The van der Waals surface area contributed by atoms with E-state index in [1.807, 2.05) is 39.1 Å². The van der Waals surface area contributed by atoms with E-state index in [0.29, 0.717) is 5.54 Å². The Balaban J connectivity index is 0. The first-order valence-corrected chi connectivity index (χ1v) is 7.16. The fourth-order valence-electron chi connectivity index (χ4n) is 0.954. The maximum Gasteiger partial charge on any atom is 0.0344 e. The maximum absolute atomic E-state index is 3.38. The van der Waals surface area contributed by atoms with Gasteiger partial charge in [-0.2, -0.15) is 0 Å². The van der Waals surface area contributed by atoms with Crippen LogP contribution in [0, 0.1) is 0 Å². The van der Waals surface area contributed by atoms with Crippen LogP contribution in [0.4, 0.5) is 5.69 Å². The summed E-state index contributed by atoms with van der Waals surface area (Å²) in [6.45, 7) is 16.9. The van der Waals surface area contributed by atoms with Crippen molar-refractivity contribution in [1.29, 1.82) is 0 Å². The molecule has 2 heteroatoms. The third-order valence-electron chi connectivity index (χ3n) is 2.04. The van der Waals surface area contributed by atoms with Crippen molar-refractivity contribution in [2.24, 2.45) is 0 Å². The molecule has 0 saturated heterocycles. The third-order valence-corrected chi connectivity index (χ3v) is 2.04. The molecule has 1 rings (SSSR count). The minimum absolute atomic E-state index is 0.154. The zero-order valence-corrected chi connectivity index (χ0v) is 14.4. The molecule has 0 unspecified atom stereocenters. The number of benzene rings is 1. The Morgan fingerprint density at radius 3 is 1.37 bits per heavy atom. The molecule has 0 aliphatic carbocycles. The molecule has 112 valence electrons. The lowest BCUT2D eigenvalue weighted by Crippen LogP contribution is -2.31. The molecule has 0 fully saturated rings. The van der Waals surface area contributed by atoms with E-state index in [0.717, 1.165) is 0 Å². The minimum Gasteiger partial charge on any atom is -0.380 e. The Morgan fingerprint density at radius 2 is 1.11 bits per heavy atom. The topological polar surface area (TPSA) is 24.1 Å². The van der Waals surface area contributed by atoms with Gasteiger partial charge in [-0.05, 0) is 60.7 Å². The Kier molecular flexibility index (Phi) is 10.5. The van der Waals surface area contributed by atoms with Gasteiger partial charge in [-0.25, -0.2) is 0 Å². The summed E-state index contributed by atoms with van der Waals surface area (Å²) in [7, 11) is 1.96. The minimum atomic E-state index is 0.154. The van der Waals surface area contributed by atoms with Crippen LogP contribution in [0.5, 0.6) is 0 Å². The standard InChI is InChI=1S/C10H15N.C5H13N.C2H6/c1-10(2,3)11-9-7-5-4-6-8-9;1-5(2,3)6-4;1-2/h4-8,11H,1-3H3;6H,1-4H3;1-2H3. The summed E-state index contributed by atoms with van der Waals surface area (Å²) in [5.41, 5.74) is 1.63. The zero-order valence-electron chi connectivity index (χ0n) is 14.4. The van der Waals surface area contributed by atoms with Crippen molar-refractivity contribution >= 4 is 5.69 Å². The molecular formula is C17H34N2. The Bertz CT molecular complexity index is 291. The van der Waals surface area contributed by atoms with Gasteiger partial charge in [-0.1, -0.05) is 32.0 Å². The molecule has 0 heterocycles. The van der Waals surface area contributed by atoms with Crippen LogP contribution >= 0.6 is 0 Å². The van der Waals surface area contributed by atoms with Crippen molar-refractivity contribution in [2.75, 3.05) is 12.4 Å². The number of hydrogen-bond donors (Lipinski definition) is 2. The molecule has 0 saturated carbocycles. The van der Waals surface area contributed by atoms with Crippen LogP contribution in [-0.4, -0.2) is 18.1 Å². The van der Waals surface area contributed by atoms with Gasteiger partial charge in [0.15, 0.2) is 0 Å². The normalized spacial score (nSPS) is 10.6. The monoisotopic (exact) mass is 266 g/mol. The fourth-order valence-corrected chi connectivity index (χ4v) is 0.954. The molecule has 2 nitrogen and oxygen atoms in total. The highest BCUT2D eigenvalue weighted by molar-refractivity contribution is 5.44. The van der Waals surface area contributed by atoms with Gasteiger partial charge in [0.05, 0.1) is 0 Å². The van der Waals surface area contributed by atoms with Gasteiger partial charge >= 0.3 is 0 Å². The second-order valence-corrected chi connectivity index (χ2v) is 6.24. The molecular weight excluding hydrogens is 232 g/mol. The fraction of sp³-hybridized carbons (Fsp3) is 0.647. The van der Waals surface area contributed by atoms with Crippen LogP contribution in [-0.2, 0) is 0 Å². The van der Waals surface area contributed by atoms with Crippen LogP contribution in [0.3, 0.4) is 0 Å². The van der Waals surface area contributed by atoms with Crippen molar-refractivity contribution in [3.8, 4) is 0 Å². The summed E-state index contributed by atoms with van der Waals surface area (Å²) in [5.74, 6) is 0. The first-order valence-electron chi connectivity index (χ1n) is 7.16. The predicted molar refractivity (Wildman–Crippen MR) is 90.0 cm³/mol. The van der Waals surface area contributed by atoms with Crippen LogP contribution in [0.15, 0.2) is 30.3 Å². The van der Waals surface area contributed by atoms with Crippen molar-refractivity contribution in [3.05, 3.63) is 30.3 Å². The number of anilines is 1. The summed E-state index contributed by atoms with van der Waals surface area (Å²) >= 11 is 0. The first-order chi connectivity index (χ1) is 8.64. The van der Waals surface area contributed by atoms with Gasteiger partial charge < -0.3 is 10.6 Å². The van der Waals surface area contributed by atoms with Crippen molar-refractivity contribution < 1.29 is 0 Å². The summed E-state index contributed by atoms with van der Waals surface area (Å²) in [5, 5.41) is 6.49. The molecule has 0 aromatic heterocycles. The number of hydrogen-bond acceptors (Lipinski definition) is 2. The van der Waals surface area contributed by atoms with Gasteiger partial charge in [-0.15, -0.1) is 0 Å². The Labute approximate surface area is 121 Å². The molecule has 0 aliphatic rings. The van der Waals surface area contributed by atoms with Crippen molar-refractivity contribution in [1.82, 2.24) is 5.32 Å². The average molecular weight is 266 g/mol. The molecule has 0 aliphatic heterocycles. The number of nitrogens with one attached hydrogen (secondary N) is 2. The molecule has 0 atom stereocenters. The largest absolute Gasteiger partial charge is 0.380 e. The quantitative estimate of drug-likeness (QED) is 0.753. The van der Waals surface area contributed by atoms with Crippen molar-refractivity contribution in [3.63, 3.8) is 0 Å². The second kappa shape index (κ2) is 9.85. The van der Waals surface area contributed by atoms with Crippen LogP contribution < -0.4 is 10.6 Å². The maximum atomic E-state index is 3.38. The Morgan fingerprint density at radius 1 is 0.737 bits per heavy atom. The highest BCUT2D eigenvalue weighted by Gasteiger charge is 2.07. The number of rotatable bonds is 1.